The molecule has 24 heavy (non-hydrogen) atoms. The Morgan fingerprint density at radius 1 is 1.29 bits per heavy atom. The predicted molar refractivity (Wildman–Crippen MR) is 86.8 cm³/mol. The van der Waals surface area contributed by atoms with E-state index in [4.69, 9.17) is 4.52 Å². The van der Waals surface area contributed by atoms with Gasteiger partial charge in [-0.15, -0.1) is 0 Å². The molecule has 3 rings (SSSR count). The highest BCUT2D eigenvalue weighted by molar-refractivity contribution is 5.39. The van der Waals surface area contributed by atoms with Crippen LogP contribution in [0.4, 0.5) is 0 Å². The van der Waals surface area contributed by atoms with Crippen molar-refractivity contribution < 1.29 is 9.63 Å². The third-order valence-electron chi connectivity index (χ3n) is 3.79. The maximum atomic E-state index is 10.4. The second-order valence-electron chi connectivity index (χ2n) is 5.60. The molecule has 0 radical (unpaired) electrons. The van der Waals surface area contributed by atoms with Gasteiger partial charge in [-0.25, -0.2) is 4.98 Å². The van der Waals surface area contributed by atoms with Crippen LogP contribution in [-0.2, 0) is 6.54 Å². The first-order valence-corrected chi connectivity index (χ1v) is 7.81. The van der Waals surface area contributed by atoms with Crippen molar-refractivity contribution in [3.8, 4) is 11.6 Å². The zero-order valence-corrected chi connectivity index (χ0v) is 13.7. The van der Waals surface area contributed by atoms with Gasteiger partial charge in [-0.3, -0.25) is 10.00 Å². The van der Waals surface area contributed by atoms with Crippen LogP contribution in [0.3, 0.4) is 0 Å². The van der Waals surface area contributed by atoms with Gasteiger partial charge in [0.2, 0.25) is 11.7 Å². The molecule has 0 aliphatic rings. The smallest absolute Gasteiger partial charge is 0.241 e. The summed E-state index contributed by atoms with van der Waals surface area (Å²) in [5, 5.41) is 20.8. The summed E-state index contributed by atoms with van der Waals surface area (Å²) in [5.41, 5.74) is 2.07. The van der Waals surface area contributed by atoms with Crippen molar-refractivity contribution in [2.24, 2.45) is 0 Å². The molecule has 3 aromatic rings. The molecule has 0 spiro atoms. The maximum absolute atomic E-state index is 10.4. The second-order valence-corrected chi connectivity index (χ2v) is 5.60. The summed E-state index contributed by atoms with van der Waals surface area (Å²) in [6.07, 6.45) is 0.823. The van der Waals surface area contributed by atoms with E-state index in [1.807, 2.05) is 43.0 Å². The topological polar surface area (TPSA) is 104 Å². The first-order valence-electron chi connectivity index (χ1n) is 7.81. The van der Waals surface area contributed by atoms with Crippen LogP contribution in [0.25, 0.3) is 11.6 Å². The number of aliphatic hydroxyl groups is 1. The van der Waals surface area contributed by atoms with Crippen LogP contribution in [0.2, 0.25) is 0 Å². The fraction of sp³-hybridized carbons (Fsp3) is 0.375. The molecular formula is C16H20N6O2. The number of aromatic nitrogens is 5. The summed E-state index contributed by atoms with van der Waals surface area (Å²) in [7, 11) is 0. The predicted octanol–water partition coefficient (Wildman–Crippen LogP) is 1.72. The van der Waals surface area contributed by atoms with E-state index >= 15 is 0 Å². The molecule has 126 valence electrons. The monoisotopic (exact) mass is 328 g/mol. The lowest BCUT2D eigenvalue weighted by Gasteiger charge is -2.22. The van der Waals surface area contributed by atoms with E-state index in [0.29, 0.717) is 30.6 Å². The molecule has 8 heteroatoms. The number of hydrogen-bond acceptors (Lipinski definition) is 7. The zero-order valence-electron chi connectivity index (χ0n) is 13.7. The third-order valence-corrected chi connectivity index (χ3v) is 3.79. The summed E-state index contributed by atoms with van der Waals surface area (Å²) in [4.78, 5) is 10.3. The Morgan fingerprint density at radius 3 is 2.75 bits per heavy atom. The Morgan fingerprint density at radius 2 is 2.08 bits per heavy atom. The Balaban J connectivity index is 1.63. The lowest BCUT2D eigenvalue weighted by molar-refractivity contribution is 0.105. The molecule has 0 aliphatic heterocycles. The van der Waals surface area contributed by atoms with Gasteiger partial charge < -0.3 is 9.63 Å². The summed E-state index contributed by atoms with van der Waals surface area (Å²) in [6.45, 7) is 5.74. The molecule has 0 bridgehead atoms. The van der Waals surface area contributed by atoms with Gasteiger partial charge in [0.15, 0.2) is 5.82 Å². The molecule has 0 aliphatic carbocycles. The van der Waals surface area contributed by atoms with Crippen molar-refractivity contribution in [2.75, 3.05) is 13.1 Å². The second kappa shape index (κ2) is 7.33. The van der Waals surface area contributed by atoms with Crippen molar-refractivity contribution >= 4 is 0 Å². The highest BCUT2D eigenvalue weighted by atomic mass is 16.5. The normalized spacial score (nSPS) is 12.7. The van der Waals surface area contributed by atoms with Crippen molar-refractivity contribution in [3.05, 3.63) is 47.6 Å². The van der Waals surface area contributed by atoms with Gasteiger partial charge >= 0.3 is 0 Å². The van der Waals surface area contributed by atoms with E-state index in [0.717, 1.165) is 12.1 Å². The molecule has 0 amide bonds. The minimum Gasteiger partial charge on any atom is -0.387 e. The largest absolute Gasteiger partial charge is 0.387 e. The number of aryl methyl sites for hydroxylation is 1. The van der Waals surface area contributed by atoms with E-state index in [2.05, 4.69) is 25.3 Å². The Hall–Kier alpha value is -2.58. The number of nitrogens with zero attached hydrogens (tertiary/aromatic N) is 5. The maximum Gasteiger partial charge on any atom is 0.241 e. The van der Waals surface area contributed by atoms with Crippen molar-refractivity contribution in [1.29, 1.82) is 0 Å². The van der Waals surface area contributed by atoms with Gasteiger partial charge in [-0.05, 0) is 19.0 Å². The van der Waals surface area contributed by atoms with Gasteiger partial charge in [-0.1, -0.05) is 41.9 Å². The minimum atomic E-state index is -0.567. The summed E-state index contributed by atoms with van der Waals surface area (Å²) < 4.78 is 5.25. The average Bonchev–Trinajstić information content (AvgIpc) is 3.26. The number of H-pyrrole nitrogens is 1. The van der Waals surface area contributed by atoms with E-state index in [-0.39, 0.29) is 0 Å². The molecule has 2 N–H and O–H groups in total. The summed E-state index contributed by atoms with van der Waals surface area (Å²) in [6, 6.07) is 7.89. The lowest BCUT2D eigenvalue weighted by Crippen LogP contribution is -2.28. The number of rotatable bonds is 7. The number of hydrogen-bond donors (Lipinski definition) is 2. The summed E-state index contributed by atoms with van der Waals surface area (Å²) >= 11 is 0. The molecular weight excluding hydrogens is 308 g/mol. The van der Waals surface area contributed by atoms with E-state index in [1.54, 1.807) is 0 Å². The van der Waals surface area contributed by atoms with Crippen LogP contribution in [0.15, 0.2) is 35.1 Å². The fourth-order valence-electron chi connectivity index (χ4n) is 2.36. The zero-order chi connectivity index (χ0) is 16.9. The van der Waals surface area contributed by atoms with Gasteiger partial charge in [0.1, 0.15) is 6.33 Å². The number of aliphatic hydroxyl groups excluding tert-OH is 1. The van der Waals surface area contributed by atoms with Gasteiger partial charge in [0, 0.05) is 6.54 Å². The van der Waals surface area contributed by atoms with Crippen LogP contribution in [-0.4, -0.2) is 48.4 Å². The molecule has 2 heterocycles. The Kier molecular flexibility index (Phi) is 4.97. The molecule has 0 saturated carbocycles. The number of nitrogens with one attached hydrogen (secondary N) is 1. The fourth-order valence-corrected chi connectivity index (χ4v) is 2.36. The van der Waals surface area contributed by atoms with E-state index in [9.17, 15) is 5.11 Å². The third kappa shape index (κ3) is 3.84. The molecule has 1 unspecified atom stereocenters. The number of aromatic amines is 1. The Bertz CT molecular complexity index is 753. The van der Waals surface area contributed by atoms with Crippen molar-refractivity contribution in [1.82, 2.24) is 30.2 Å². The first kappa shape index (κ1) is 16.3. The van der Waals surface area contributed by atoms with E-state index in [1.165, 1.54) is 11.9 Å². The highest BCUT2D eigenvalue weighted by Crippen LogP contribution is 2.17. The van der Waals surface area contributed by atoms with Crippen molar-refractivity contribution in [2.45, 2.75) is 26.5 Å². The van der Waals surface area contributed by atoms with Crippen LogP contribution in [0.5, 0.6) is 0 Å². The van der Waals surface area contributed by atoms with Gasteiger partial charge in [-0.2, -0.15) is 10.1 Å². The van der Waals surface area contributed by atoms with Gasteiger partial charge in [0.05, 0.1) is 12.6 Å². The lowest BCUT2D eigenvalue weighted by atomic mass is 10.1. The van der Waals surface area contributed by atoms with Crippen LogP contribution < -0.4 is 0 Å². The quantitative estimate of drug-likeness (QED) is 0.680. The number of likely N-dealkylation sites (N-methyl/N-ethyl adjacent to an activating group) is 1. The molecule has 0 saturated heterocycles. The minimum absolute atomic E-state index is 0.373. The highest BCUT2D eigenvalue weighted by Gasteiger charge is 2.17. The van der Waals surface area contributed by atoms with Crippen LogP contribution in [0, 0.1) is 6.92 Å². The summed E-state index contributed by atoms with van der Waals surface area (Å²) in [5.74, 6) is 1.31. The molecule has 1 aromatic carbocycles. The molecule has 8 nitrogen and oxygen atoms in total. The standard InChI is InChI=1S/C16H20N6O2/c1-3-22(8-13(23)12-6-4-11(2)5-7-12)9-14-19-16(21-24-14)15-17-10-18-20-15/h4-7,10,13,23H,3,8-9H2,1-2H3,(H,17,18,20). The molecule has 2 aromatic heterocycles. The van der Waals surface area contributed by atoms with E-state index < -0.39 is 6.10 Å². The van der Waals surface area contributed by atoms with Crippen LogP contribution in [0.1, 0.15) is 30.0 Å². The Labute approximate surface area is 139 Å². The van der Waals surface area contributed by atoms with Crippen LogP contribution >= 0.6 is 0 Å². The van der Waals surface area contributed by atoms with Crippen molar-refractivity contribution in [3.63, 3.8) is 0 Å². The average molecular weight is 328 g/mol. The molecule has 0 fully saturated rings. The van der Waals surface area contributed by atoms with Gasteiger partial charge in [0.25, 0.3) is 0 Å². The number of benzene rings is 1. The SMILES string of the molecule is CCN(Cc1nc(-c2ncn[nH]2)no1)CC(O)c1ccc(C)cc1. The first-order chi connectivity index (χ1) is 11.7. The molecule has 1 atom stereocenters.